The Hall–Kier alpha value is -0.330. The zero-order valence-corrected chi connectivity index (χ0v) is 14.6. The second-order valence-corrected chi connectivity index (χ2v) is 8.21. The number of thioether (sulfide) groups is 2. The van der Waals surface area contributed by atoms with E-state index in [0.29, 0.717) is 10.5 Å². The van der Waals surface area contributed by atoms with Gasteiger partial charge in [0.2, 0.25) is 0 Å². The van der Waals surface area contributed by atoms with Crippen molar-refractivity contribution in [2.24, 2.45) is 7.05 Å². The van der Waals surface area contributed by atoms with E-state index >= 15 is 0 Å². The lowest BCUT2D eigenvalue weighted by Gasteiger charge is -2.36. The lowest BCUT2D eigenvalue weighted by Crippen LogP contribution is -2.38. The zero-order chi connectivity index (χ0) is 14.7. The first-order valence-corrected chi connectivity index (χ1v) is 9.14. The molecule has 0 saturated carbocycles. The first-order valence-electron chi connectivity index (χ1n) is 7.14. The third kappa shape index (κ3) is 3.28. The molecular formula is C14H25N3OS2. The molecule has 1 saturated heterocycles. The molecule has 4 atom stereocenters. The van der Waals surface area contributed by atoms with Gasteiger partial charge in [0.1, 0.15) is 0 Å². The third-order valence-corrected chi connectivity index (χ3v) is 7.33. The molecule has 2 rings (SSSR count). The summed E-state index contributed by atoms with van der Waals surface area (Å²) in [5, 5.41) is 9.95. The number of hydrogen-bond donors (Lipinski definition) is 1. The maximum atomic E-state index is 5.49. The highest BCUT2D eigenvalue weighted by molar-refractivity contribution is 8.07. The Morgan fingerprint density at radius 1 is 1.50 bits per heavy atom. The van der Waals surface area contributed by atoms with Crippen LogP contribution in [0.5, 0.6) is 5.75 Å². The number of nitrogens with zero attached hydrogens (tertiary/aromatic N) is 2. The van der Waals surface area contributed by atoms with Gasteiger partial charge >= 0.3 is 0 Å². The second-order valence-electron chi connectivity index (χ2n) is 5.18. The summed E-state index contributed by atoms with van der Waals surface area (Å²) in [7, 11) is 3.71. The summed E-state index contributed by atoms with van der Waals surface area (Å²) >= 11 is 4.16. The summed E-state index contributed by atoms with van der Waals surface area (Å²) < 4.78 is 7.44. The average Bonchev–Trinajstić information content (AvgIpc) is 2.80. The van der Waals surface area contributed by atoms with Crippen molar-refractivity contribution >= 4 is 23.5 Å². The van der Waals surface area contributed by atoms with Gasteiger partial charge in [-0.25, -0.2) is 0 Å². The minimum absolute atomic E-state index is 0.287. The molecule has 1 aliphatic rings. The Morgan fingerprint density at radius 3 is 2.85 bits per heavy atom. The first kappa shape index (κ1) is 16.0. The molecule has 20 heavy (non-hydrogen) atoms. The van der Waals surface area contributed by atoms with Crippen molar-refractivity contribution in [2.45, 2.75) is 42.6 Å². The van der Waals surface area contributed by atoms with Gasteiger partial charge in [-0.15, -0.1) is 0 Å². The Balaban J connectivity index is 2.24. The SMILES string of the molecule is CCNC(c1c(OC)cnn1C)C1CSC(C)C(C)S1. The number of methoxy groups -OCH3 is 1. The lowest BCUT2D eigenvalue weighted by atomic mass is 10.1. The van der Waals surface area contributed by atoms with Crippen LogP contribution in [0.4, 0.5) is 0 Å². The summed E-state index contributed by atoms with van der Waals surface area (Å²) in [5.41, 5.74) is 1.16. The van der Waals surface area contributed by atoms with Gasteiger partial charge < -0.3 is 10.1 Å². The molecule has 2 heterocycles. The number of nitrogens with one attached hydrogen (secondary N) is 1. The van der Waals surface area contributed by atoms with Crippen molar-refractivity contribution < 1.29 is 4.74 Å². The van der Waals surface area contributed by atoms with Crippen LogP contribution in [-0.2, 0) is 7.05 Å². The van der Waals surface area contributed by atoms with E-state index in [-0.39, 0.29) is 6.04 Å². The maximum Gasteiger partial charge on any atom is 0.161 e. The highest BCUT2D eigenvalue weighted by Crippen LogP contribution is 2.42. The molecule has 0 spiro atoms. The van der Waals surface area contributed by atoms with E-state index < -0.39 is 0 Å². The van der Waals surface area contributed by atoms with Crippen LogP contribution in [0.1, 0.15) is 32.5 Å². The summed E-state index contributed by atoms with van der Waals surface area (Å²) in [6.45, 7) is 7.76. The van der Waals surface area contributed by atoms with Crippen LogP contribution < -0.4 is 10.1 Å². The van der Waals surface area contributed by atoms with Crippen molar-refractivity contribution in [3.63, 3.8) is 0 Å². The molecule has 0 aromatic carbocycles. The van der Waals surface area contributed by atoms with Crippen molar-refractivity contribution in [2.75, 3.05) is 19.4 Å². The molecule has 6 heteroatoms. The second kappa shape index (κ2) is 7.09. The van der Waals surface area contributed by atoms with Crippen LogP contribution in [0.2, 0.25) is 0 Å². The number of hydrogen-bond acceptors (Lipinski definition) is 5. The summed E-state index contributed by atoms with van der Waals surface area (Å²) in [6, 6.07) is 0.287. The Labute approximate surface area is 130 Å². The van der Waals surface area contributed by atoms with Crippen molar-refractivity contribution in [3.8, 4) is 5.75 Å². The molecule has 4 nitrogen and oxygen atoms in total. The monoisotopic (exact) mass is 315 g/mol. The normalized spacial score (nSPS) is 28.4. The Bertz CT molecular complexity index is 438. The highest BCUT2D eigenvalue weighted by atomic mass is 32.2. The predicted molar refractivity (Wildman–Crippen MR) is 88.9 cm³/mol. The summed E-state index contributed by atoms with van der Waals surface area (Å²) in [4.78, 5) is 0. The van der Waals surface area contributed by atoms with E-state index in [1.54, 1.807) is 7.11 Å². The lowest BCUT2D eigenvalue weighted by molar-refractivity contribution is 0.394. The molecule has 1 aliphatic heterocycles. The molecule has 0 amide bonds. The van der Waals surface area contributed by atoms with Gasteiger partial charge in [-0.1, -0.05) is 20.8 Å². The van der Waals surface area contributed by atoms with Gasteiger partial charge in [-0.05, 0) is 6.54 Å². The standard InChI is InChI=1S/C14H25N3OS2/c1-6-15-13(12-8-19-9(2)10(3)20-12)14-11(18-5)7-16-17(14)4/h7,9-10,12-13,15H,6,8H2,1-5H3. The molecule has 0 bridgehead atoms. The number of ether oxygens (including phenoxy) is 1. The van der Waals surface area contributed by atoms with E-state index in [9.17, 15) is 0 Å². The molecule has 1 N–H and O–H groups in total. The minimum atomic E-state index is 0.287. The Kier molecular flexibility index (Phi) is 5.69. The molecule has 114 valence electrons. The van der Waals surface area contributed by atoms with E-state index in [2.05, 4.69) is 54.7 Å². The van der Waals surface area contributed by atoms with E-state index in [4.69, 9.17) is 4.74 Å². The largest absolute Gasteiger partial charge is 0.493 e. The molecule has 0 radical (unpaired) electrons. The topological polar surface area (TPSA) is 39.1 Å². The Morgan fingerprint density at radius 2 is 2.25 bits per heavy atom. The van der Waals surface area contributed by atoms with Gasteiger partial charge in [-0.3, -0.25) is 4.68 Å². The van der Waals surface area contributed by atoms with Crippen LogP contribution in [0.25, 0.3) is 0 Å². The summed E-state index contributed by atoms with van der Waals surface area (Å²) in [6.07, 6.45) is 1.81. The third-order valence-electron chi connectivity index (χ3n) is 3.83. The number of aromatic nitrogens is 2. The number of aryl methyl sites for hydroxylation is 1. The van der Waals surface area contributed by atoms with E-state index in [1.807, 2.05) is 17.9 Å². The van der Waals surface area contributed by atoms with Crippen molar-refractivity contribution in [1.82, 2.24) is 15.1 Å². The average molecular weight is 316 g/mol. The smallest absolute Gasteiger partial charge is 0.161 e. The molecule has 1 aromatic heterocycles. The molecule has 1 aromatic rings. The molecule has 0 aliphatic carbocycles. The maximum absolute atomic E-state index is 5.49. The molecular weight excluding hydrogens is 290 g/mol. The van der Waals surface area contributed by atoms with Crippen molar-refractivity contribution in [1.29, 1.82) is 0 Å². The van der Waals surface area contributed by atoms with Gasteiger partial charge in [-0.2, -0.15) is 28.6 Å². The van der Waals surface area contributed by atoms with Crippen LogP contribution in [0.15, 0.2) is 6.20 Å². The zero-order valence-electron chi connectivity index (χ0n) is 12.9. The highest BCUT2D eigenvalue weighted by Gasteiger charge is 2.34. The first-order chi connectivity index (χ1) is 9.58. The van der Waals surface area contributed by atoms with Gasteiger partial charge in [0.25, 0.3) is 0 Å². The van der Waals surface area contributed by atoms with Crippen molar-refractivity contribution in [3.05, 3.63) is 11.9 Å². The van der Waals surface area contributed by atoms with Crippen LogP contribution in [-0.4, -0.2) is 44.9 Å². The number of rotatable bonds is 5. The van der Waals surface area contributed by atoms with E-state index in [0.717, 1.165) is 23.2 Å². The van der Waals surface area contributed by atoms with Gasteiger partial charge in [0.05, 0.1) is 25.0 Å². The van der Waals surface area contributed by atoms with Gasteiger partial charge in [0, 0.05) is 28.6 Å². The molecule has 1 fully saturated rings. The molecule has 4 unspecified atom stereocenters. The van der Waals surface area contributed by atoms with Crippen LogP contribution >= 0.6 is 23.5 Å². The van der Waals surface area contributed by atoms with Gasteiger partial charge in [0.15, 0.2) is 5.75 Å². The van der Waals surface area contributed by atoms with Crippen LogP contribution in [0.3, 0.4) is 0 Å². The fourth-order valence-corrected chi connectivity index (χ4v) is 5.64. The minimum Gasteiger partial charge on any atom is -0.493 e. The summed E-state index contributed by atoms with van der Waals surface area (Å²) in [5.74, 6) is 2.05. The fraction of sp³-hybridized carbons (Fsp3) is 0.786. The fourth-order valence-electron chi connectivity index (χ4n) is 2.55. The van der Waals surface area contributed by atoms with Crippen LogP contribution in [0, 0.1) is 0 Å². The quantitative estimate of drug-likeness (QED) is 0.904. The predicted octanol–water partition coefficient (Wildman–Crippen LogP) is 2.70. The van der Waals surface area contributed by atoms with E-state index in [1.165, 1.54) is 5.75 Å².